The van der Waals surface area contributed by atoms with Gasteiger partial charge < -0.3 is 4.42 Å². The molecule has 31 heavy (non-hydrogen) atoms. The fourth-order valence-electron chi connectivity index (χ4n) is 3.85. The fraction of sp³-hybridized carbons (Fsp3) is 0.136. The summed E-state index contributed by atoms with van der Waals surface area (Å²) >= 11 is 1.26. The van der Waals surface area contributed by atoms with Crippen molar-refractivity contribution in [3.63, 3.8) is 0 Å². The molecule has 3 heterocycles. The molecule has 5 rings (SSSR count). The second kappa shape index (κ2) is 6.85. The number of amides is 1. The van der Waals surface area contributed by atoms with E-state index in [-0.39, 0.29) is 22.4 Å². The van der Waals surface area contributed by atoms with Gasteiger partial charge in [0, 0.05) is 23.7 Å². The van der Waals surface area contributed by atoms with Crippen molar-refractivity contribution >= 4 is 39.0 Å². The molecule has 1 atom stereocenters. The number of aryl methyl sites for hydroxylation is 2. The third-order valence-electron chi connectivity index (χ3n) is 5.53. The van der Waals surface area contributed by atoms with Gasteiger partial charge in [-0.3, -0.25) is 24.6 Å². The number of carbonyl (C=O) groups excluding carboxylic acids is 1. The number of aromatic nitrogens is 1. The van der Waals surface area contributed by atoms with Crippen molar-refractivity contribution in [2.45, 2.75) is 19.9 Å². The SMILES string of the molecule is Cc1cc2oc3c(c(=O)c2cc1C)[C@@H](c1ccc([N+](=O)[O-])cc1)N(c1nccs1)C3=O. The Morgan fingerprint density at radius 3 is 2.48 bits per heavy atom. The van der Waals surface area contributed by atoms with Crippen LogP contribution in [-0.4, -0.2) is 15.8 Å². The van der Waals surface area contributed by atoms with E-state index in [1.165, 1.54) is 28.4 Å². The molecule has 1 aliphatic rings. The summed E-state index contributed by atoms with van der Waals surface area (Å²) in [4.78, 5) is 43.1. The van der Waals surface area contributed by atoms with Crippen LogP contribution < -0.4 is 10.3 Å². The van der Waals surface area contributed by atoms with Gasteiger partial charge in [0.05, 0.1) is 21.9 Å². The highest BCUT2D eigenvalue weighted by Gasteiger charge is 2.44. The van der Waals surface area contributed by atoms with Gasteiger partial charge >= 0.3 is 0 Å². The van der Waals surface area contributed by atoms with E-state index in [0.29, 0.717) is 21.7 Å². The molecule has 1 amide bonds. The average Bonchev–Trinajstić information content (AvgIpc) is 3.36. The Kier molecular flexibility index (Phi) is 4.23. The summed E-state index contributed by atoms with van der Waals surface area (Å²) in [6, 6.07) is 8.54. The first-order valence-corrected chi connectivity index (χ1v) is 10.3. The summed E-state index contributed by atoms with van der Waals surface area (Å²) in [5.74, 6) is -0.496. The maximum atomic E-state index is 13.5. The predicted octanol–water partition coefficient (Wildman–Crippen LogP) is 4.52. The Hall–Kier alpha value is -3.85. The zero-order chi connectivity index (χ0) is 21.9. The molecule has 0 saturated carbocycles. The van der Waals surface area contributed by atoms with Crippen LogP contribution in [0.25, 0.3) is 11.0 Å². The smallest absolute Gasteiger partial charge is 0.297 e. The zero-order valence-electron chi connectivity index (χ0n) is 16.5. The average molecular weight is 433 g/mol. The van der Waals surface area contributed by atoms with Crippen LogP contribution in [0.1, 0.15) is 38.9 Å². The molecule has 2 aromatic carbocycles. The molecular weight excluding hydrogens is 418 g/mol. The fourth-order valence-corrected chi connectivity index (χ4v) is 4.52. The van der Waals surface area contributed by atoms with Gasteiger partial charge in [-0.15, -0.1) is 11.3 Å². The Labute approximate surface area is 179 Å². The van der Waals surface area contributed by atoms with Gasteiger partial charge in [0.2, 0.25) is 5.76 Å². The number of hydrogen-bond donors (Lipinski definition) is 0. The van der Waals surface area contributed by atoms with Gasteiger partial charge in [0.25, 0.3) is 11.6 Å². The van der Waals surface area contributed by atoms with Crippen molar-refractivity contribution in [3.8, 4) is 0 Å². The number of carbonyl (C=O) groups is 1. The maximum Gasteiger partial charge on any atom is 0.297 e. The number of rotatable bonds is 3. The van der Waals surface area contributed by atoms with Crippen molar-refractivity contribution < 1.29 is 14.1 Å². The minimum Gasteiger partial charge on any atom is -0.450 e. The molecule has 4 aromatic rings. The number of hydrogen-bond acceptors (Lipinski definition) is 7. The zero-order valence-corrected chi connectivity index (χ0v) is 17.3. The van der Waals surface area contributed by atoms with Crippen LogP contribution >= 0.6 is 11.3 Å². The van der Waals surface area contributed by atoms with E-state index < -0.39 is 16.9 Å². The van der Waals surface area contributed by atoms with Crippen LogP contribution in [-0.2, 0) is 0 Å². The van der Waals surface area contributed by atoms with E-state index in [1.807, 2.05) is 13.8 Å². The molecule has 0 N–H and O–H groups in total. The van der Waals surface area contributed by atoms with E-state index in [4.69, 9.17) is 4.42 Å². The highest BCUT2D eigenvalue weighted by molar-refractivity contribution is 7.13. The van der Waals surface area contributed by atoms with E-state index >= 15 is 0 Å². The topological polar surface area (TPSA) is 107 Å². The summed E-state index contributed by atoms with van der Waals surface area (Å²) in [6.45, 7) is 3.81. The number of benzene rings is 2. The minimum atomic E-state index is -0.795. The molecule has 0 bridgehead atoms. The Balaban J connectivity index is 1.80. The summed E-state index contributed by atoms with van der Waals surface area (Å²) in [6.07, 6.45) is 1.57. The number of non-ortho nitro benzene ring substituents is 1. The van der Waals surface area contributed by atoms with Crippen LogP contribution in [0, 0.1) is 24.0 Å². The Morgan fingerprint density at radius 2 is 1.84 bits per heavy atom. The van der Waals surface area contributed by atoms with Gasteiger partial charge in [0.15, 0.2) is 10.6 Å². The number of fused-ring (bicyclic) bond motifs is 2. The molecule has 0 unspecified atom stereocenters. The van der Waals surface area contributed by atoms with Crippen molar-refractivity contribution in [2.75, 3.05) is 4.90 Å². The molecule has 2 aromatic heterocycles. The van der Waals surface area contributed by atoms with Crippen molar-refractivity contribution in [1.82, 2.24) is 4.98 Å². The lowest BCUT2D eigenvalue weighted by Gasteiger charge is -2.22. The molecule has 154 valence electrons. The molecule has 0 radical (unpaired) electrons. The minimum absolute atomic E-state index is 0.0284. The van der Waals surface area contributed by atoms with E-state index in [1.54, 1.807) is 35.8 Å². The predicted molar refractivity (Wildman–Crippen MR) is 116 cm³/mol. The van der Waals surface area contributed by atoms with Gasteiger partial charge in [0.1, 0.15) is 5.58 Å². The van der Waals surface area contributed by atoms with Crippen LogP contribution in [0.3, 0.4) is 0 Å². The third-order valence-corrected chi connectivity index (χ3v) is 6.30. The van der Waals surface area contributed by atoms with E-state index in [2.05, 4.69) is 4.98 Å². The van der Waals surface area contributed by atoms with E-state index in [9.17, 15) is 19.7 Å². The molecule has 1 aliphatic heterocycles. The third kappa shape index (κ3) is 2.85. The lowest BCUT2D eigenvalue weighted by Crippen LogP contribution is -2.29. The molecule has 8 nitrogen and oxygen atoms in total. The van der Waals surface area contributed by atoms with Gasteiger partial charge in [-0.2, -0.15) is 0 Å². The van der Waals surface area contributed by atoms with Gasteiger partial charge in [-0.05, 0) is 54.8 Å². The Morgan fingerprint density at radius 1 is 1.13 bits per heavy atom. The molecule has 0 fully saturated rings. The normalized spacial score (nSPS) is 15.5. The summed E-state index contributed by atoms with van der Waals surface area (Å²) in [7, 11) is 0. The highest BCUT2D eigenvalue weighted by atomic mass is 32.1. The van der Waals surface area contributed by atoms with Crippen LogP contribution in [0.4, 0.5) is 10.8 Å². The quantitative estimate of drug-likeness (QED) is 0.347. The Bertz CT molecular complexity index is 1420. The molecule has 9 heteroatoms. The lowest BCUT2D eigenvalue weighted by atomic mass is 9.97. The van der Waals surface area contributed by atoms with E-state index in [0.717, 1.165) is 11.1 Å². The molecular formula is C22H15N3O5S. The highest BCUT2D eigenvalue weighted by Crippen LogP contribution is 2.42. The first kappa shape index (κ1) is 19.1. The molecule has 0 aliphatic carbocycles. The second-order valence-corrected chi connectivity index (χ2v) is 8.22. The van der Waals surface area contributed by atoms with Gasteiger partial charge in [-0.1, -0.05) is 0 Å². The van der Waals surface area contributed by atoms with Crippen LogP contribution in [0.5, 0.6) is 0 Å². The largest absolute Gasteiger partial charge is 0.450 e. The van der Waals surface area contributed by atoms with Crippen LogP contribution in [0.2, 0.25) is 0 Å². The standard InChI is InChI=1S/C22H15N3O5S/c1-11-9-15-16(10-12(11)2)30-20-17(19(15)26)18(13-3-5-14(6-4-13)25(28)29)24(21(20)27)22-23-7-8-31-22/h3-10,18H,1-2H3/t18-/m1/s1. The number of nitrogens with zero attached hydrogens (tertiary/aromatic N) is 3. The number of anilines is 1. The molecule has 0 saturated heterocycles. The number of nitro groups is 1. The van der Waals surface area contributed by atoms with Crippen molar-refractivity contribution in [2.24, 2.45) is 0 Å². The number of thiazole rings is 1. The van der Waals surface area contributed by atoms with Crippen LogP contribution in [0.15, 0.2) is 57.2 Å². The monoisotopic (exact) mass is 433 g/mol. The van der Waals surface area contributed by atoms with Crippen molar-refractivity contribution in [3.05, 3.63) is 96.3 Å². The summed E-state index contributed by atoms with van der Waals surface area (Å²) in [5, 5.41) is 13.6. The number of nitro benzene ring substituents is 1. The second-order valence-electron chi connectivity index (χ2n) is 7.35. The van der Waals surface area contributed by atoms with Crippen molar-refractivity contribution in [1.29, 1.82) is 0 Å². The molecule has 0 spiro atoms. The summed E-state index contributed by atoms with van der Waals surface area (Å²) in [5.41, 5.74) is 2.63. The maximum absolute atomic E-state index is 13.5. The lowest BCUT2D eigenvalue weighted by molar-refractivity contribution is -0.384. The summed E-state index contributed by atoms with van der Waals surface area (Å²) < 4.78 is 5.95. The van der Waals surface area contributed by atoms with Gasteiger partial charge in [-0.25, -0.2) is 4.98 Å². The first-order valence-electron chi connectivity index (χ1n) is 9.42. The first-order chi connectivity index (χ1) is 14.9.